The lowest BCUT2D eigenvalue weighted by molar-refractivity contribution is -0.167. The van der Waals surface area contributed by atoms with E-state index in [9.17, 15) is 18.0 Å². The Kier molecular flexibility index (Phi) is 5.98. The van der Waals surface area contributed by atoms with Crippen molar-refractivity contribution in [1.82, 2.24) is 5.32 Å². The van der Waals surface area contributed by atoms with Gasteiger partial charge in [-0.2, -0.15) is 13.2 Å². The summed E-state index contributed by atoms with van der Waals surface area (Å²) >= 11 is 0. The van der Waals surface area contributed by atoms with Crippen LogP contribution < -0.4 is 10.6 Å². The summed E-state index contributed by atoms with van der Waals surface area (Å²) in [5.41, 5.74) is 3.32. The molecule has 0 fully saturated rings. The minimum Gasteiger partial charge on any atom is -0.318 e. The van der Waals surface area contributed by atoms with Crippen LogP contribution in [0.1, 0.15) is 23.6 Å². The topological polar surface area (TPSA) is 41.1 Å². The van der Waals surface area contributed by atoms with Crippen LogP contribution in [-0.4, -0.2) is 12.1 Å². The van der Waals surface area contributed by atoms with E-state index in [2.05, 4.69) is 24.4 Å². The van der Waals surface area contributed by atoms with Crippen molar-refractivity contribution in [3.8, 4) is 0 Å². The number of anilines is 1. The molecule has 2 aromatic carbocycles. The van der Waals surface area contributed by atoms with Crippen molar-refractivity contribution in [3.05, 3.63) is 65.2 Å². The second-order valence-corrected chi connectivity index (χ2v) is 5.43. The Hall–Kier alpha value is -2.34. The van der Waals surface area contributed by atoms with Gasteiger partial charge in [0, 0.05) is 18.8 Å². The molecule has 0 aliphatic carbocycles. The van der Waals surface area contributed by atoms with Crippen LogP contribution in [0.3, 0.4) is 0 Å². The Morgan fingerprint density at radius 1 is 0.958 bits per heavy atom. The molecule has 2 rings (SSSR count). The van der Waals surface area contributed by atoms with Gasteiger partial charge in [-0.1, -0.05) is 43.3 Å². The van der Waals surface area contributed by atoms with Gasteiger partial charge in [0.25, 0.3) is 0 Å². The molecule has 0 aromatic heterocycles. The second kappa shape index (κ2) is 7.97. The second-order valence-electron chi connectivity index (χ2n) is 5.43. The van der Waals surface area contributed by atoms with Crippen molar-refractivity contribution in [2.75, 3.05) is 5.32 Å². The maximum Gasteiger partial charge on any atom is 0.471 e. The first-order chi connectivity index (χ1) is 11.4. The van der Waals surface area contributed by atoms with Gasteiger partial charge >= 0.3 is 12.1 Å². The van der Waals surface area contributed by atoms with Crippen molar-refractivity contribution in [2.45, 2.75) is 32.6 Å². The molecule has 2 aromatic rings. The first kappa shape index (κ1) is 18.0. The average molecular weight is 336 g/mol. The fourth-order valence-corrected chi connectivity index (χ4v) is 2.21. The van der Waals surface area contributed by atoms with Gasteiger partial charge in [0.15, 0.2) is 0 Å². The molecule has 0 atom stereocenters. The zero-order chi connectivity index (χ0) is 17.6. The van der Waals surface area contributed by atoms with Crippen molar-refractivity contribution < 1.29 is 18.0 Å². The molecule has 0 aliphatic rings. The summed E-state index contributed by atoms with van der Waals surface area (Å²) in [5, 5.41) is 5.08. The summed E-state index contributed by atoms with van der Waals surface area (Å²) in [4.78, 5) is 10.9. The van der Waals surface area contributed by atoms with Crippen molar-refractivity contribution in [3.63, 3.8) is 0 Å². The lowest BCUT2D eigenvalue weighted by atomic mass is 10.1. The van der Waals surface area contributed by atoms with Crippen LogP contribution in [0.25, 0.3) is 0 Å². The number of carbonyl (C=O) groups excluding carboxylic acids is 1. The number of hydrogen-bond acceptors (Lipinski definition) is 2. The van der Waals surface area contributed by atoms with Gasteiger partial charge < -0.3 is 10.6 Å². The fraction of sp³-hybridized carbons (Fsp3) is 0.278. The van der Waals surface area contributed by atoms with E-state index in [0.29, 0.717) is 13.1 Å². The Balaban J connectivity index is 1.88. The Labute approximate surface area is 138 Å². The Morgan fingerprint density at radius 2 is 1.58 bits per heavy atom. The average Bonchev–Trinajstić information content (AvgIpc) is 2.55. The molecule has 6 heteroatoms. The third kappa shape index (κ3) is 5.38. The molecular weight excluding hydrogens is 317 g/mol. The standard InChI is InChI=1S/C18H19F3N2O/c1-2-13-6-8-14(9-7-13)11-22-12-15-4-3-5-16(10-15)23-17(24)18(19,20)21/h3-10,22H,2,11-12H2,1H3,(H,23,24). The quantitative estimate of drug-likeness (QED) is 0.836. The summed E-state index contributed by atoms with van der Waals surface area (Å²) in [6.45, 7) is 3.24. The molecule has 24 heavy (non-hydrogen) atoms. The number of carbonyl (C=O) groups is 1. The van der Waals surface area contributed by atoms with Gasteiger partial charge in [-0.05, 0) is 35.2 Å². The van der Waals surface area contributed by atoms with Crippen LogP contribution in [0.15, 0.2) is 48.5 Å². The predicted molar refractivity (Wildman–Crippen MR) is 87.5 cm³/mol. The number of aryl methyl sites for hydroxylation is 1. The van der Waals surface area contributed by atoms with E-state index in [1.165, 1.54) is 17.7 Å². The zero-order valence-corrected chi connectivity index (χ0v) is 13.3. The molecule has 0 radical (unpaired) electrons. The van der Waals surface area contributed by atoms with Crippen molar-refractivity contribution >= 4 is 11.6 Å². The van der Waals surface area contributed by atoms with Crippen LogP contribution in [0.4, 0.5) is 18.9 Å². The largest absolute Gasteiger partial charge is 0.471 e. The highest BCUT2D eigenvalue weighted by molar-refractivity contribution is 5.94. The van der Waals surface area contributed by atoms with Crippen molar-refractivity contribution in [1.29, 1.82) is 0 Å². The van der Waals surface area contributed by atoms with Crippen LogP contribution in [0.5, 0.6) is 0 Å². The highest BCUT2D eigenvalue weighted by atomic mass is 19.4. The normalized spacial score (nSPS) is 11.3. The lowest BCUT2D eigenvalue weighted by Gasteiger charge is -2.10. The number of nitrogens with one attached hydrogen (secondary N) is 2. The first-order valence-corrected chi connectivity index (χ1v) is 7.64. The summed E-state index contributed by atoms with van der Waals surface area (Å²) in [7, 11) is 0. The minimum absolute atomic E-state index is 0.129. The molecule has 2 N–H and O–H groups in total. The summed E-state index contributed by atoms with van der Waals surface area (Å²) in [6.07, 6.45) is -3.90. The number of hydrogen-bond donors (Lipinski definition) is 2. The van der Waals surface area contributed by atoms with Gasteiger partial charge in [0.2, 0.25) is 0 Å². The third-order valence-electron chi connectivity index (χ3n) is 3.53. The van der Waals surface area contributed by atoms with Gasteiger partial charge in [-0.15, -0.1) is 0 Å². The molecule has 0 aliphatic heterocycles. The molecule has 0 saturated heterocycles. The van der Waals surface area contributed by atoms with Crippen LogP contribution in [0, 0.1) is 0 Å². The molecule has 0 unspecified atom stereocenters. The molecule has 1 amide bonds. The first-order valence-electron chi connectivity index (χ1n) is 7.64. The van der Waals surface area contributed by atoms with Crippen LogP contribution >= 0.6 is 0 Å². The monoisotopic (exact) mass is 336 g/mol. The zero-order valence-electron chi connectivity index (χ0n) is 13.3. The maximum absolute atomic E-state index is 12.3. The number of amides is 1. The van der Waals surface area contributed by atoms with E-state index in [1.54, 1.807) is 12.1 Å². The summed E-state index contributed by atoms with van der Waals surface area (Å²) < 4.78 is 36.8. The SMILES string of the molecule is CCc1ccc(CNCc2cccc(NC(=O)C(F)(F)F)c2)cc1. The van der Waals surface area contributed by atoms with E-state index in [1.807, 2.05) is 17.4 Å². The third-order valence-corrected chi connectivity index (χ3v) is 3.53. The fourth-order valence-electron chi connectivity index (χ4n) is 2.21. The predicted octanol–water partition coefficient (Wildman–Crippen LogP) is 4.04. The summed E-state index contributed by atoms with van der Waals surface area (Å²) in [6, 6.07) is 14.6. The maximum atomic E-state index is 12.3. The van der Waals surface area contributed by atoms with E-state index < -0.39 is 12.1 Å². The van der Waals surface area contributed by atoms with Gasteiger partial charge in [-0.25, -0.2) is 0 Å². The molecular formula is C18H19F3N2O. The summed E-state index contributed by atoms with van der Waals surface area (Å²) in [5.74, 6) is -1.97. The lowest BCUT2D eigenvalue weighted by Crippen LogP contribution is -2.29. The number of halogens is 3. The van der Waals surface area contributed by atoms with Crippen LogP contribution in [0.2, 0.25) is 0 Å². The van der Waals surface area contributed by atoms with E-state index in [4.69, 9.17) is 0 Å². The van der Waals surface area contributed by atoms with Crippen molar-refractivity contribution in [2.24, 2.45) is 0 Å². The highest BCUT2D eigenvalue weighted by Gasteiger charge is 2.38. The molecule has 0 saturated carbocycles. The Morgan fingerprint density at radius 3 is 2.21 bits per heavy atom. The van der Waals surface area contributed by atoms with Crippen LogP contribution in [-0.2, 0) is 24.3 Å². The minimum atomic E-state index is -4.89. The smallest absolute Gasteiger partial charge is 0.318 e. The molecule has 0 bridgehead atoms. The van der Waals surface area contributed by atoms with E-state index in [-0.39, 0.29) is 5.69 Å². The molecule has 128 valence electrons. The van der Waals surface area contributed by atoms with Gasteiger partial charge in [0.1, 0.15) is 0 Å². The Bertz CT molecular complexity index is 681. The van der Waals surface area contributed by atoms with E-state index in [0.717, 1.165) is 17.5 Å². The van der Waals surface area contributed by atoms with E-state index >= 15 is 0 Å². The number of rotatable bonds is 6. The molecule has 3 nitrogen and oxygen atoms in total. The van der Waals surface area contributed by atoms with Gasteiger partial charge in [0.05, 0.1) is 0 Å². The highest BCUT2D eigenvalue weighted by Crippen LogP contribution is 2.19. The molecule has 0 heterocycles. The molecule has 0 spiro atoms. The van der Waals surface area contributed by atoms with Gasteiger partial charge in [-0.3, -0.25) is 4.79 Å². The number of alkyl halides is 3. The number of benzene rings is 2.